The van der Waals surface area contributed by atoms with Crippen LogP contribution in [0.15, 0.2) is 23.7 Å². The molecule has 3 aromatic rings. The molecule has 106 valence electrons. The van der Waals surface area contributed by atoms with E-state index in [1.165, 1.54) is 18.6 Å². The summed E-state index contributed by atoms with van der Waals surface area (Å²) in [5, 5.41) is 0. The third-order valence-corrected chi connectivity index (χ3v) is 5.41. The van der Waals surface area contributed by atoms with Gasteiger partial charge in [0.1, 0.15) is 4.88 Å². The molecular formula is C15H12N2O2S2. The Kier molecular flexibility index (Phi) is 3.01. The molecule has 1 saturated carbocycles. The van der Waals surface area contributed by atoms with E-state index in [-0.39, 0.29) is 5.97 Å². The predicted octanol–water partition coefficient (Wildman–Crippen LogP) is 4.08. The molecule has 0 radical (unpaired) electrons. The van der Waals surface area contributed by atoms with Crippen molar-refractivity contribution in [2.75, 3.05) is 7.11 Å². The van der Waals surface area contributed by atoms with Crippen LogP contribution in [0.1, 0.15) is 34.0 Å². The number of nitrogens with zero attached hydrogens (tertiary/aromatic N) is 2. The van der Waals surface area contributed by atoms with Crippen molar-refractivity contribution in [3.8, 4) is 11.3 Å². The number of hydrogen-bond donors (Lipinski definition) is 0. The monoisotopic (exact) mass is 316 g/mol. The van der Waals surface area contributed by atoms with E-state index >= 15 is 0 Å². The number of ether oxygens (including phenoxy) is 1. The molecule has 6 heteroatoms. The Bertz CT molecular complexity index is 833. The Morgan fingerprint density at radius 2 is 2.24 bits per heavy atom. The Balaban J connectivity index is 1.94. The van der Waals surface area contributed by atoms with Crippen molar-refractivity contribution >= 4 is 39.1 Å². The molecule has 1 aromatic carbocycles. The van der Waals surface area contributed by atoms with Crippen LogP contribution in [0, 0.1) is 0 Å². The molecular weight excluding hydrogens is 304 g/mol. The molecule has 1 fully saturated rings. The summed E-state index contributed by atoms with van der Waals surface area (Å²) in [5.41, 5.74) is 5.89. The number of aromatic nitrogens is 2. The molecule has 4 nitrogen and oxygen atoms in total. The fourth-order valence-electron chi connectivity index (χ4n) is 2.55. The van der Waals surface area contributed by atoms with Gasteiger partial charge in [-0.3, -0.25) is 0 Å². The number of benzene rings is 1. The summed E-state index contributed by atoms with van der Waals surface area (Å²) in [4.78, 5) is 17.0. The summed E-state index contributed by atoms with van der Waals surface area (Å²) >= 11 is 2.85. The molecule has 1 aliphatic carbocycles. The molecule has 0 amide bonds. The number of methoxy groups -OCH3 is 1. The smallest absolute Gasteiger partial charge is 0.349 e. The lowest BCUT2D eigenvalue weighted by Gasteiger charge is -2.04. The maximum absolute atomic E-state index is 12.0. The van der Waals surface area contributed by atoms with Gasteiger partial charge in [0, 0.05) is 11.1 Å². The summed E-state index contributed by atoms with van der Waals surface area (Å²) in [7, 11) is 1.42. The molecule has 0 atom stereocenters. The second-order valence-electron chi connectivity index (χ2n) is 5.05. The largest absolute Gasteiger partial charge is 0.465 e. The van der Waals surface area contributed by atoms with E-state index in [2.05, 4.69) is 15.4 Å². The zero-order valence-corrected chi connectivity index (χ0v) is 13.0. The maximum atomic E-state index is 12.0. The SMILES string of the molecule is COC(=O)c1snc(-c2cccc3ncsc23)c1C1CC1. The van der Waals surface area contributed by atoms with Crippen LogP contribution >= 0.6 is 22.9 Å². The molecule has 1 aliphatic rings. The van der Waals surface area contributed by atoms with Gasteiger partial charge in [-0.1, -0.05) is 12.1 Å². The Morgan fingerprint density at radius 1 is 1.38 bits per heavy atom. The lowest BCUT2D eigenvalue weighted by Crippen LogP contribution is -2.01. The molecule has 0 unspecified atom stereocenters. The number of thiazole rings is 1. The first-order chi connectivity index (χ1) is 10.3. The Morgan fingerprint density at radius 3 is 3.00 bits per heavy atom. The van der Waals surface area contributed by atoms with Gasteiger partial charge in [-0.05, 0) is 36.4 Å². The van der Waals surface area contributed by atoms with Crippen molar-refractivity contribution in [2.24, 2.45) is 0 Å². The van der Waals surface area contributed by atoms with Gasteiger partial charge in [0.25, 0.3) is 0 Å². The van der Waals surface area contributed by atoms with Crippen molar-refractivity contribution < 1.29 is 9.53 Å². The minimum absolute atomic E-state index is 0.280. The summed E-state index contributed by atoms with van der Waals surface area (Å²) < 4.78 is 10.6. The molecule has 0 aliphatic heterocycles. The first-order valence-electron chi connectivity index (χ1n) is 6.70. The van der Waals surface area contributed by atoms with Gasteiger partial charge in [0.15, 0.2) is 0 Å². The fourth-order valence-corrected chi connectivity index (χ4v) is 4.26. The zero-order chi connectivity index (χ0) is 14.4. The first-order valence-corrected chi connectivity index (χ1v) is 8.35. The Labute approximate surface area is 129 Å². The van der Waals surface area contributed by atoms with Crippen LogP contribution in [0.5, 0.6) is 0 Å². The molecule has 4 rings (SSSR count). The fraction of sp³-hybridized carbons (Fsp3) is 0.267. The number of rotatable bonds is 3. The minimum Gasteiger partial charge on any atom is -0.465 e. The molecule has 0 N–H and O–H groups in total. The number of hydrogen-bond acceptors (Lipinski definition) is 6. The highest BCUT2D eigenvalue weighted by Crippen LogP contribution is 2.48. The van der Waals surface area contributed by atoms with E-state index < -0.39 is 0 Å². The highest BCUT2D eigenvalue weighted by atomic mass is 32.1. The van der Waals surface area contributed by atoms with E-state index in [9.17, 15) is 4.79 Å². The lowest BCUT2D eigenvalue weighted by molar-refractivity contribution is 0.0605. The molecule has 2 heterocycles. The zero-order valence-electron chi connectivity index (χ0n) is 11.3. The Hall–Kier alpha value is -1.79. The summed E-state index contributed by atoms with van der Waals surface area (Å²) in [6.07, 6.45) is 2.24. The van der Waals surface area contributed by atoms with Gasteiger partial charge in [0.05, 0.1) is 28.5 Å². The summed E-state index contributed by atoms with van der Waals surface area (Å²) in [5.74, 6) is 0.160. The molecule has 21 heavy (non-hydrogen) atoms. The average Bonchev–Trinajstić information content (AvgIpc) is 3.07. The first kappa shape index (κ1) is 12.9. The quantitative estimate of drug-likeness (QED) is 0.683. The normalized spacial score (nSPS) is 14.5. The van der Waals surface area contributed by atoms with Gasteiger partial charge in [-0.25, -0.2) is 9.78 Å². The van der Waals surface area contributed by atoms with E-state index in [4.69, 9.17) is 4.74 Å². The third kappa shape index (κ3) is 2.06. The number of carbonyl (C=O) groups excluding carboxylic acids is 1. The lowest BCUT2D eigenvalue weighted by atomic mass is 10.0. The summed E-state index contributed by atoms with van der Waals surface area (Å²) in [6.45, 7) is 0. The number of fused-ring (bicyclic) bond motifs is 1. The van der Waals surface area contributed by atoms with Gasteiger partial charge < -0.3 is 4.74 Å². The highest BCUT2D eigenvalue weighted by molar-refractivity contribution is 7.17. The molecule has 0 spiro atoms. The van der Waals surface area contributed by atoms with E-state index in [0.717, 1.165) is 39.9 Å². The second-order valence-corrected chi connectivity index (χ2v) is 6.67. The van der Waals surface area contributed by atoms with Crippen molar-refractivity contribution in [3.63, 3.8) is 0 Å². The average molecular weight is 316 g/mol. The maximum Gasteiger partial charge on any atom is 0.349 e. The summed E-state index contributed by atoms with van der Waals surface area (Å²) in [6, 6.07) is 6.05. The van der Waals surface area contributed by atoms with Gasteiger partial charge in [-0.2, -0.15) is 4.37 Å². The number of carbonyl (C=O) groups is 1. The van der Waals surface area contributed by atoms with Crippen molar-refractivity contribution in [1.29, 1.82) is 0 Å². The van der Waals surface area contributed by atoms with Crippen LogP contribution in [0.2, 0.25) is 0 Å². The standard InChI is InChI=1S/C15H12N2O2S2/c1-19-15(18)14-11(8-5-6-8)12(17-21-14)9-3-2-4-10-13(9)20-7-16-10/h2-4,7-8H,5-6H2,1H3. The van der Waals surface area contributed by atoms with Crippen molar-refractivity contribution in [3.05, 3.63) is 34.2 Å². The molecule has 0 bridgehead atoms. The van der Waals surface area contributed by atoms with Gasteiger partial charge in [-0.15, -0.1) is 11.3 Å². The van der Waals surface area contributed by atoms with Crippen LogP contribution < -0.4 is 0 Å². The highest BCUT2D eigenvalue weighted by Gasteiger charge is 2.34. The predicted molar refractivity (Wildman–Crippen MR) is 84.0 cm³/mol. The molecule has 2 aromatic heterocycles. The van der Waals surface area contributed by atoms with Crippen LogP contribution in [-0.4, -0.2) is 22.4 Å². The van der Waals surface area contributed by atoms with E-state index in [1.807, 2.05) is 17.6 Å². The molecule has 0 saturated heterocycles. The van der Waals surface area contributed by atoms with Crippen molar-refractivity contribution in [2.45, 2.75) is 18.8 Å². The van der Waals surface area contributed by atoms with Crippen LogP contribution in [-0.2, 0) is 4.74 Å². The number of esters is 1. The van der Waals surface area contributed by atoms with Crippen molar-refractivity contribution in [1.82, 2.24) is 9.36 Å². The topological polar surface area (TPSA) is 52.1 Å². The van der Waals surface area contributed by atoms with Gasteiger partial charge in [0.2, 0.25) is 0 Å². The van der Waals surface area contributed by atoms with Gasteiger partial charge >= 0.3 is 5.97 Å². The second kappa shape index (κ2) is 4.89. The van der Waals surface area contributed by atoms with Crippen LogP contribution in [0.3, 0.4) is 0 Å². The van der Waals surface area contributed by atoms with E-state index in [1.54, 1.807) is 11.3 Å². The minimum atomic E-state index is -0.280. The van der Waals surface area contributed by atoms with Crippen LogP contribution in [0.25, 0.3) is 21.5 Å². The van der Waals surface area contributed by atoms with E-state index in [0.29, 0.717) is 10.8 Å². The third-order valence-electron chi connectivity index (χ3n) is 3.70. The van der Waals surface area contributed by atoms with Crippen LogP contribution in [0.4, 0.5) is 0 Å².